The third-order valence-corrected chi connectivity index (χ3v) is 4.53. The molecule has 0 saturated carbocycles. The Hall–Kier alpha value is -1.36. The normalized spacial score (nSPS) is 18.1. The van der Waals surface area contributed by atoms with Gasteiger partial charge in [-0.05, 0) is 31.5 Å². The molecule has 0 radical (unpaired) electrons. The van der Waals surface area contributed by atoms with Gasteiger partial charge in [0, 0.05) is 25.7 Å². The van der Waals surface area contributed by atoms with Crippen LogP contribution in [-0.2, 0) is 11.3 Å². The van der Waals surface area contributed by atoms with E-state index >= 15 is 0 Å². The minimum atomic E-state index is 0.265. The van der Waals surface area contributed by atoms with Gasteiger partial charge in [-0.1, -0.05) is 27.7 Å². The maximum Gasteiger partial charge on any atom is 0.223 e. The fourth-order valence-electron chi connectivity index (χ4n) is 3.06. The lowest BCUT2D eigenvalue weighted by Gasteiger charge is -2.36. The van der Waals surface area contributed by atoms with E-state index in [1.54, 1.807) is 0 Å². The van der Waals surface area contributed by atoms with Gasteiger partial charge in [-0.25, -0.2) is 0 Å². The Labute approximate surface area is 134 Å². The Morgan fingerprint density at radius 3 is 2.77 bits per heavy atom. The lowest BCUT2D eigenvalue weighted by atomic mass is 10.1. The third kappa shape index (κ3) is 4.09. The van der Waals surface area contributed by atoms with Gasteiger partial charge >= 0.3 is 0 Å². The fraction of sp³-hybridized carbons (Fsp3) is 0.765. The molecule has 5 heteroatoms. The van der Waals surface area contributed by atoms with Crippen molar-refractivity contribution in [1.29, 1.82) is 0 Å². The summed E-state index contributed by atoms with van der Waals surface area (Å²) in [6.45, 7) is 13.2. The summed E-state index contributed by atoms with van der Waals surface area (Å²) in [5.41, 5.74) is 1.15. The second-order valence-electron chi connectivity index (χ2n) is 6.61. The molecule has 0 spiro atoms. The maximum absolute atomic E-state index is 12.5. The number of nitrogens with zero attached hydrogens (tertiary/aromatic N) is 4. The van der Waals surface area contributed by atoms with Crippen LogP contribution in [0.5, 0.6) is 0 Å². The van der Waals surface area contributed by atoms with Crippen molar-refractivity contribution < 1.29 is 4.79 Å². The van der Waals surface area contributed by atoms with Gasteiger partial charge in [0.05, 0.1) is 18.3 Å². The summed E-state index contributed by atoms with van der Waals surface area (Å²) < 4.78 is 2.12. The zero-order chi connectivity index (χ0) is 16.1. The molecule has 124 valence electrons. The number of fused-ring (bicyclic) bond motifs is 1. The first-order valence-corrected chi connectivity index (χ1v) is 8.57. The van der Waals surface area contributed by atoms with E-state index in [4.69, 9.17) is 0 Å². The van der Waals surface area contributed by atoms with Crippen LogP contribution in [-0.4, -0.2) is 51.7 Å². The zero-order valence-corrected chi connectivity index (χ0v) is 14.5. The van der Waals surface area contributed by atoms with E-state index in [-0.39, 0.29) is 11.9 Å². The molecule has 0 aliphatic carbocycles. The number of hydrogen-bond donors (Lipinski definition) is 0. The molecular weight excluding hydrogens is 276 g/mol. The molecule has 2 rings (SSSR count). The predicted molar refractivity (Wildman–Crippen MR) is 88.5 cm³/mol. The molecule has 1 amide bonds. The average Bonchev–Trinajstić information content (AvgIpc) is 2.98. The van der Waals surface area contributed by atoms with Crippen LogP contribution in [0.4, 0.5) is 0 Å². The molecule has 0 N–H and O–H groups in total. The molecule has 1 aromatic rings. The molecule has 1 aromatic heterocycles. The first-order chi connectivity index (χ1) is 10.5. The summed E-state index contributed by atoms with van der Waals surface area (Å²) in [7, 11) is 0. The first kappa shape index (κ1) is 17.0. The summed E-state index contributed by atoms with van der Waals surface area (Å²) in [6, 6.07) is 2.30. The molecule has 0 fully saturated rings. The van der Waals surface area contributed by atoms with E-state index in [1.165, 1.54) is 0 Å². The standard InChI is InChI=1S/C17H30N4O/c1-5-19(6-2)11-16-13-20(17(22)8-7-14(3)4)12-15-9-10-18-21(15)16/h9-10,14,16H,5-8,11-13H2,1-4H3/t16-/m1/s1. The smallest absolute Gasteiger partial charge is 0.223 e. The highest BCUT2D eigenvalue weighted by Crippen LogP contribution is 2.22. The highest BCUT2D eigenvalue weighted by molar-refractivity contribution is 5.76. The van der Waals surface area contributed by atoms with Crippen LogP contribution < -0.4 is 0 Å². The zero-order valence-electron chi connectivity index (χ0n) is 14.5. The van der Waals surface area contributed by atoms with Crippen LogP contribution in [0.1, 0.15) is 52.3 Å². The van der Waals surface area contributed by atoms with Crippen LogP contribution in [0, 0.1) is 5.92 Å². The maximum atomic E-state index is 12.5. The molecule has 1 aliphatic rings. The summed E-state index contributed by atoms with van der Waals surface area (Å²) in [5, 5.41) is 4.48. The number of aromatic nitrogens is 2. The van der Waals surface area contributed by atoms with E-state index in [9.17, 15) is 4.79 Å². The Bertz CT molecular complexity index is 479. The van der Waals surface area contributed by atoms with Crippen molar-refractivity contribution in [3.05, 3.63) is 18.0 Å². The number of carbonyl (C=O) groups is 1. The van der Waals surface area contributed by atoms with Gasteiger partial charge in [-0.15, -0.1) is 0 Å². The summed E-state index contributed by atoms with van der Waals surface area (Å²) >= 11 is 0. The van der Waals surface area contributed by atoms with E-state index in [2.05, 4.69) is 42.4 Å². The molecule has 5 nitrogen and oxygen atoms in total. The van der Waals surface area contributed by atoms with Crippen molar-refractivity contribution in [1.82, 2.24) is 19.6 Å². The van der Waals surface area contributed by atoms with Crippen molar-refractivity contribution in [3.63, 3.8) is 0 Å². The van der Waals surface area contributed by atoms with Gasteiger partial charge in [-0.2, -0.15) is 5.10 Å². The van der Waals surface area contributed by atoms with Crippen LogP contribution >= 0.6 is 0 Å². The molecular formula is C17H30N4O. The molecule has 22 heavy (non-hydrogen) atoms. The summed E-state index contributed by atoms with van der Waals surface area (Å²) in [4.78, 5) is 16.9. The average molecular weight is 306 g/mol. The lowest BCUT2D eigenvalue weighted by Crippen LogP contribution is -2.45. The van der Waals surface area contributed by atoms with Crippen LogP contribution in [0.2, 0.25) is 0 Å². The monoisotopic (exact) mass is 306 g/mol. The Morgan fingerprint density at radius 2 is 2.14 bits per heavy atom. The number of hydrogen-bond acceptors (Lipinski definition) is 3. The minimum absolute atomic E-state index is 0.265. The fourth-order valence-corrected chi connectivity index (χ4v) is 3.06. The second-order valence-corrected chi connectivity index (χ2v) is 6.61. The molecule has 0 saturated heterocycles. The van der Waals surface area contributed by atoms with Gasteiger partial charge in [0.1, 0.15) is 0 Å². The van der Waals surface area contributed by atoms with E-state index in [1.807, 2.05) is 17.2 Å². The van der Waals surface area contributed by atoms with Gasteiger partial charge in [-0.3, -0.25) is 9.48 Å². The summed E-state index contributed by atoms with van der Waals surface area (Å²) in [6.07, 6.45) is 3.48. The molecule has 1 aliphatic heterocycles. The van der Waals surface area contributed by atoms with Crippen LogP contribution in [0.15, 0.2) is 12.3 Å². The lowest BCUT2D eigenvalue weighted by molar-refractivity contribution is -0.133. The molecule has 0 aromatic carbocycles. The molecule has 0 bridgehead atoms. The van der Waals surface area contributed by atoms with Crippen molar-refractivity contribution in [2.45, 2.75) is 53.1 Å². The number of carbonyl (C=O) groups excluding carboxylic acids is 1. The minimum Gasteiger partial charge on any atom is -0.335 e. The van der Waals surface area contributed by atoms with Crippen molar-refractivity contribution in [2.75, 3.05) is 26.2 Å². The van der Waals surface area contributed by atoms with E-state index in [0.29, 0.717) is 18.9 Å². The molecule has 2 heterocycles. The highest BCUT2D eigenvalue weighted by Gasteiger charge is 2.29. The van der Waals surface area contributed by atoms with Crippen LogP contribution in [0.25, 0.3) is 0 Å². The predicted octanol–water partition coefficient (Wildman–Crippen LogP) is 2.54. The number of likely N-dealkylation sites (N-methyl/N-ethyl adjacent to an activating group) is 1. The largest absolute Gasteiger partial charge is 0.335 e. The molecule has 0 unspecified atom stereocenters. The Balaban J connectivity index is 2.06. The van der Waals surface area contributed by atoms with Gasteiger partial charge < -0.3 is 9.80 Å². The quantitative estimate of drug-likeness (QED) is 0.777. The Morgan fingerprint density at radius 1 is 1.41 bits per heavy atom. The third-order valence-electron chi connectivity index (χ3n) is 4.53. The van der Waals surface area contributed by atoms with E-state index < -0.39 is 0 Å². The first-order valence-electron chi connectivity index (χ1n) is 8.57. The van der Waals surface area contributed by atoms with Crippen LogP contribution in [0.3, 0.4) is 0 Å². The second kappa shape index (κ2) is 7.77. The SMILES string of the molecule is CCN(CC)C[C@@H]1CN(C(=O)CCC(C)C)Cc2ccnn21. The van der Waals surface area contributed by atoms with Gasteiger partial charge in [0.2, 0.25) is 5.91 Å². The number of rotatable bonds is 7. The molecule has 1 atom stereocenters. The van der Waals surface area contributed by atoms with E-state index in [0.717, 1.165) is 38.3 Å². The highest BCUT2D eigenvalue weighted by atomic mass is 16.2. The van der Waals surface area contributed by atoms with Crippen molar-refractivity contribution in [2.24, 2.45) is 5.92 Å². The van der Waals surface area contributed by atoms with Crippen molar-refractivity contribution >= 4 is 5.91 Å². The van der Waals surface area contributed by atoms with Crippen molar-refractivity contribution in [3.8, 4) is 0 Å². The Kier molecular flexibility index (Phi) is 6.00. The number of amides is 1. The van der Waals surface area contributed by atoms with Gasteiger partial charge in [0.25, 0.3) is 0 Å². The van der Waals surface area contributed by atoms with Gasteiger partial charge in [0.15, 0.2) is 0 Å². The summed E-state index contributed by atoms with van der Waals surface area (Å²) in [5.74, 6) is 0.858. The topological polar surface area (TPSA) is 41.4 Å².